The molecule has 96 valence electrons. The van der Waals surface area contributed by atoms with E-state index in [0.717, 1.165) is 10.1 Å². The Morgan fingerprint density at radius 3 is 3.11 bits per heavy atom. The fourth-order valence-corrected chi connectivity index (χ4v) is 3.24. The first kappa shape index (κ1) is 13.3. The largest absolute Gasteiger partial charge is 0.300 e. The van der Waals surface area contributed by atoms with Crippen molar-refractivity contribution in [1.29, 1.82) is 0 Å². The lowest BCUT2D eigenvalue weighted by atomic mass is 10.7. The van der Waals surface area contributed by atoms with E-state index in [1.165, 1.54) is 29.4 Å². The van der Waals surface area contributed by atoms with Crippen LogP contribution in [0.25, 0.3) is 0 Å². The fraction of sp³-hybridized carbons (Fsp3) is 0.375. The molecule has 0 aliphatic rings. The maximum absolute atomic E-state index is 11.6. The van der Waals surface area contributed by atoms with E-state index in [4.69, 9.17) is 0 Å². The van der Waals surface area contributed by atoms with Crippen LogP contribution in [0, 0.1) is 0 Å². The number of carbonyl (C=O) groups is 1. The number of anilines is 1. The second-order valence-electron chi connectivity index (χ2n) is 2.93. The van der Waals surface area contributed by atoms with Gasteiger partial charge in [0, 0.05) is 0 Å². The molecule has 0 saturated carbocycles. The van der Waals surface area contributed by atoms with Gasteiger partial charge in [0.2, 0.25) is 11.0 Å². The summed E-state index contributed by atoms with van der Waals surface area (Å²) in [4.78, 5) is 15.5. The van der Waals surface area contributed by atoms with Crippen LogP contribution < -0.4 is 5.32 Å². The number of nitrogens with zero attached hydrogens (tertiary/aromatic N) is 4. The number of carbonyl (C=O) groups excluding carboxylic acids is 1. The molecule has 0 unspecified atom stereocenters. The maximum atomic E-state index is 11.6. The van der Waals surface area contributed by atoms with Crippen molar-refractivity contribution in [3.8, 4) is 0 Å². The molecule has 10 heteroatoms. The number of nitrogens with one attached hydrogen (secondary N) is 2. The van der Waals surface area contributed by atoms with Gasteiger partial charge in [-0.15, -0.1) is 10.2 Å². The molecule has 0 radical (unpaired) electrons. The van der Waals surface area contributed by atoms with E-state index >= 15 is 0 Å². The minimum atomic E-state index is -0.138. The van der Waals surface area contributed by atoms with Crippen molar-refractivity contribution in [3.63, 3.8) is 0 Å². The summed E-state index contributed by atoms with van der Waals surface area (Å²) >= 11 is 4.25. The van der Waals surface area contributed by atoms with Gasteiger partial charge in [-0.2, -0.15) is 5.10 Å². The van der Waals surface area contributed by atoms with E-state index in [1.54, 1.807) is 11.8 Å². The highest BCUT2D eigenvalue weighted by atomic mass is 32.2. The average Bonchev–Trinajstić information content (AvgIpc) is 2.99. The van der Waals surface area contributed by atoms with Crippen LogP contribution in [-0.4, -0.2) is 42.8 Å². The third-order valence-electron chi connectivity index (χ3n) is 1.65. The lowest BCUT2D eigenvalue weighted by molar-refractivity contribution is -0.113. The molecular formula is C8H10N6OS3. The van der Waals surface area contributed by atoms with Crippen LogP contribution in [0.2, 0.25) is 0 Å². The Morgan fingerprint density at radius 2 is 2.39 bits per heavy atom. The summed E-state index contributed by atoms with van der Waals surface area (Å²) in [7, 11) is 0. The molecular weight excluding hydrogens is 292 g/mol. The van der Waals surface area contributed by atoms with Gasteiger partial charge >= 0.3 is 0 Å². The lowest BCUT2D eigenvalue weighted by Gasteiger charge is -1.98. The van der Waals surface area contributed by atoms with Gasteiger partial charge in [0.15, 0.2) is 9.50 Å². The third-order valence-corrected chi connectivity index (χ3v) is 4.38. The Hall–Kier alpha value is -1.13. The molecule has 0 aliphatic heterocycles. The smallest absolute Gasteiger partial charge is 0.236 e. The van der Waals surface area contributed by atoms with Crippen molar-refractivity contribution in [2.24, 2.45) is 0 Å². The number of aromatic amines is 1. The summed E-state index contributed by atoms with van der Waals surface area (Å²) in [5.41, 5.74) is 0. The summed E-state index contributed by atoms with van der Waals surface area (Å²) in [6, 6.07) is 0. The summed E-state index contributed by atoms with van der Waals surface area (Å²) in [5, 5.41) is 18.0. The topological polar surface area (TPSA) is 96.5 Å². The average molecular weight is 302 g/mol. The van der Waals surface area contributed by atoms with E-state index in [0.29, 0.717) is 10.3 Å². The van der Waals surface area contributed by atoms with Gasteiger partial charge < -0.3 is 0 Å². The Kier molecular flexibility index (Phi) is 4.96. The normalized spacial score (nSPS) is 10.5. The van der Waals surface area contributed by atoms with E-state index in [1.807, 2.05) is 6.92 Å². The van der Waals surface area contributed by atoms with Gasteiger partial charge in [-0.25, -0.2) is 4.98 Å². The summed E-state index contributed by atoms with van der Waals surface area (Å²) in [6.45, 7) is 2.04. The first-order chi connectivity index (χ1) is 8.78. The zero-order chi connectivity index (χ0) is 12.8. The lowest BCUT2D eigenvalue weighted by Crippen LogP contribution is -2.13. The second kappa shape index (κ2) is 6.71. The molecule has 2 aromatic rings. The molecule has 1 amide bonds. The maximum Gasteiger partial charge on any atom is 0.236 e. The highest BCUT2D eigenvalue weighted by Gasteiger charge is 2.09. The molecule has 2 aromatic heterocycles. The molecule has 2 rings (SSSR count). The van der Waals surface area contributed by atoms with E-state index in [2.05, 4.69) is 30.7 Å². The van der Waals surface area contributed by atoms with E-state index < -0.39 is 0 Å². The number of aromatic nitrogens is 5. The zero-order valence-electron chi connectivity index (χ0n) is 9.41. The van der Waals surface area contributed by atoms with Gasteiger partial charge in [-0.05, 0) is 5.75 Å². The second-order valence-corrected chi connectivity index (χ2v) is 6.39. The van der Waals surface area contributed by atoms with Crippen LogP contribution in [0.4, 0.5) is 5.13 Å². The third kappa shape index (κ3) is 3.96. The molecule has 0 atom stereocenters. The van der Waals surface area contributed by atoms with Gasteiger partial charge in [0.1, 0.15) is 6.33 Å². The molecule has 18 heavy (non-hydrogen) atoms. The van der Waals surface area contributed by atoms with Crippen LogP contribution in [0.3, 0.4) is 0 Å². The molecule has 2 N–H and O–H groups in total. The Labute approximate surface area is 116 Å². The van der Waals surface area contributed by atoms with Crippen molar-refractivity contribution in [2.75, 3.05) is 16.8 Å². The fourth-order valence-electron chi connectivity index (χ4n) is 0.995. The van der Waals surface area contributed by atoms with Crippen molar-refractivity contribution < 1.29 is 4.79 Å². The van der Waals surface area contributed by atoms with E-state index in [-0.39, 0.29) is 11.7 Å². The predicted octanol–water partition coefficient (Wildman–Crippen LogP) is 1.50. The quantitative estimate of drug-likeness (QED) is 0.616. The summed E-state index contributed by atoms with van der Waals surface area (Å²) in [6.07, 6.45) is 1.40. The van der Waals surface area contributed by atoms with Crippen LogP contribution in [0.1, 0.15) is 6.92 Å². The highest BCUT2D eigenvalue weighted by Crippen LogP contribution is 2.25. The van der Waals surface area contributed by atoms with Crippen molar-refractivity contribution in [1.82, 2.24) is 25.4 Å². The van der Waals surface area contributed by atoms with Gasteiger partial charge in [-0.1, -0.05) is 41.8 Å². The Bertz CT molecular complexity index is 499. The molecule has 0 bridgehead atoms. The molecule has 0 aromatic carbocycles. The van der Waals surface area contributed by atoms with Gasteiger partial charge in [-0.3, -0.25) is 15.2 Å². The molecule has 0 saturated heterocycles. The standard InChI is InChI=1S/C8H10N6OS3/c1-2-16-8-14-13-7(18-8)11-5(15)3-17-6-9-4-10-12-6/h4H,2-3H2,1H3,(H,9,10,12)(H,11,13,15). The number of H-pyrrole nitrogens is 1. The minimum Gasteiger partial charge on any atom is -0.300 e. The first-order valence-electron chi connectivity index (χ1n) is 5.02. The summed E-state index contributed by atoms with van der Waals surface area (Å²) < 4.78 is 0.857. The molecule has 0 spiro atoms. The first-order valence-corrected chi connectivity index (χ1v) is 7.81. The number of hydrogen-bond acceptors (Lipinski definition) is 8. The van der Waals surface area contributed by atoms with Crippen LogP contribution in [0.15, 0.2) is 15.8 Å². The molecule has 0 fully saturated rings. The highest BCUT2D eigenvalue weighted by molar-refractivity contribution is 8.01. The Morgan fingerprint density at radius 1 is 1.50 bits per heavy atom. The zero-order valence-corrected chi connectivity index (χ0v) is 11.9. The van der Waals surface area contributed by atoms with Crippen LogP contribution >= 0.6 is 34.9 Å². The molecule has 7 nitrogen and oxygen atoms in total. The molecule has 2 heterocycles. The number of amides is 1. The van der Waals surface area contributed by atoms with Crippen LogP contribution in [0.5, 0.6) is 0 Å². The van der Waals surface area contributed by atoms with Crippen molar-refractivity contribution in [3.05, 3.63) is 6.33 Å². The summed E-state index contributed by atoms with van der Waals surface area (Å²) in [5.74, 6) is 1.05. The van der Waals surface area contributed by atoms with Crippen LogP contribution in [-0.2, 0) is 4.79 Å². The predicted molar refractivity (Wildman–Crippen MR) is 72.0 cm³/mol. The minimum absolute atomic E-state index is 0.138. The van der Waals surface area contributed by atoms with Gasteiger partial charge in [0.25, 0.3) is 0 Å². The van der Waals surface area contributed by atoms with Crippen molar-refractivity contribution >= 4 is 45.9 Å². The van der Waals surface area contributed by atoms with Crippen molar-refractivity contribution in [2.45, 2.75) is 16.4 Å². The van der Waals surface area contributed by atoms with E-state index in [9.17, 15) is 4.79 Å². The number of rotatable bonds is 6. The Balaban J connectivity index is 1.79. The monoisotopic (exact) mass is 302 g/mol. The molecule has 0 aliphatic carbocycles. The number of thioether (sulfide) groups is 2. The SMILES string of the molecule is CCSc1nnc(NC(=O)CSc2ncn[nH]2)s1. The number of hydrogen-bond donors (Lipinski definition) is 2. The van der Waals surface area contributed by atoms with Gasteiger partial charge in [0.05, 0.1) is 5.75 Å².